The Bertz CT molecular complexity index is 909. The van der Waals surface area contributed by atoms with Gasteiger partial charge in [0.1, 0.15) is 12.1 Å². The number of rotatable bonds is 2. The van der Waals surface area contributed by atoms with E-state index in [4.69, 9.17) is 0 Å². The predicted octanol–water partition coefficient (Wildman–Crippen LogP) is 1.63. The highest BCUT2D eigenvalue weighted by Crippen LogP contribution is 2.23. The maximum atomic E-state index is 12.6. The fourth-order valence-electron chi connectivity index (χ4n) is 3.20. The molecule has 1 aromatic carbocycles. The highest BCUT2D eigenvalue weighted by atomic mass is 16.2. The van der Waals surface area contributed by atoms with E-state index in [2.05, 4.69) is 20.0 Å². The van der Waals surface area contributed by atoms with Gasteiger partial charge in [0.15, 0.2) is 5.65 Å². The van der Waals surface area contributed by atoms with Gasteiger partial charge in [-0.1, -0.05) is 17.7 Å². The summed E-state index contributed by atoms with van der Waals surface area (Å²) in [6.07, 6.45) is 3.37. The number of hydrogen-bond acceptors (Lipinski definition) is 5. The van der Waals surface area contributed by atoms with E-state index in [0.29, 0.717) is 13.1 Å². The molecule has 4 rings (SSSR count). The van der Waals surface area contributed by atoms with Crippen LogP contribution >= 0.6 is 0 Å². The van der Waals surface area contributed by atoms with Crippen molar-refractivity contribution in [3.05, 3.63) is 47.9 Å². The van der Waals surface area contributed by atoms with Crippen LogP contribution in [0.1, 0.15) is 15.9 Å². The predicted molar refractivity (Wildman–Crippen MR) is 95.6 cm³/mol. The van der Waals surface area contributed by atoms with Gasteiger partial charge in [0, 0.05) is 38.8 Å². The summed E-state index contributed by atoms with van der Waals surface area (Å²) in [7, 11) is 1.87. The molecular formula is C18H20N6O. The molecule has 0 aliphatic carbocycles. The standard InChI is InChI=1S/C18H20N6O/c1-13-3-5-14(6-4-13)18(25)24-9-7-23(8-10-24)17-15-11-21-22(2)16(15)19-12-20-17/h3-6,11-12H,7-10H2,1-2H3. The maximum Gasteiger partial charge on any atom is 0.253 e. The minimum atomic E-state index is 0.0915. The molecule has 7 nitrogen and oxygen atoms in total. The third-order valence-electron chi connectivity index (χ3n) is 4.67. The highest BCUT2D eigenvalue weighted by molar-refractivity contribution is 5.94. The van der Waals surface area contributed by atoms with Crippen LogP contribution in [0.25, 0.3) is 11.0 Å². The molecule has 0 unspecified atom stereocenters. The Balaban J connectivity index is 1.49. The van der Waals surface area contributed by atoms with E-state index in [1.165, 1.54) is 0 Å². The fraction of sp³-hybridized carbons (Fsp3) is 0.333. The lowest BCUT2D eigenvalue weighted by Crippen LogP contribution is -2.49. The van der Waals surface area contributed by atoms with Crippen LogP contribution in [0.5, 0.6) is 0 Å². The Hall–Kier alpha value is -2.96. The Morgan fingerprint density at radius 2 is 1.76 bits per heavy atom. The zero-order chi connectivity index (χ0) is 17.4. The van der Waals surface area contributed by atoms with Crippen LogP contribution in [-0.4, -0.2) is 56.7 Å². The fourth-order valence-corrected chi connectivity index (χ4v) is 3.20. The summed E-state index contributed by atoms with van der Waals surface area (Å²) in [6, 6.07) is 7.74. The number of hydrogen-bond donors (Lipinski definition) is 0. The van der Waals surface area contributed by atoms with Gasteiger partial charge >= 0.3 is 0 Å². The summed E-state index contributed by atoms with van der Waals surface area (Å²) < 4.78 is 1.75. The first kappa shape index (κ1) is 15.6. The first-order valence-electron chi connectivity index (χ1n) is 8.37. The average molecular weight is 336 g/mol. The molecule has 1 aliphatic rings. The summed E-state index contributed by atoms with van der Waals surface area (Å²) in [6.45, 7) is 4.88. The van der Waals surface area contributed by atoms with E-state index in [1.54, 1.807) is 17.2 Å². The van der Waals surface area contributed by atoms with Crippen LogP contribution in [0.3, 0.4) is 0 Å². The zero-order valence-electron chi connectivity index (χ0n) is 14.4. The Morgan fingerprint density at radius 1 is 1.04 bits per heavy atom. The van der Waals surface area contributed by atoms with Crippen molar-refractivity contribution >= 4 is 22.8 Å². The first-order chi connectivity index (χ1) is 12.1. The van der Waals surface area contributed by atoms with Crippen LogP contribution in [0.2, 0.25) is 0 Å². The molecule has 7 heteroatoms. The van der Waals surface area contributed by atoms with Crippen molar-refractivity contribution in [2.75, 3.05) is 31.1 Å². The molecule has 2 aromatic heterocycles. The molecule has 0 N–H and O–H groups in total. The number of benzene rings is 1. The van der Waals surface area contributed by atoms with Gasteiger partial charge in [0.2, 0.25) is 0 Å². The van der Waals surface area contributed by atoms with Crippen molar-refractivity contribution in [1.29, 1.82) is 0 Å². The molecule has 1 aliphatic heterocycles. The van der Waals surface area contributed by atoms with Crippen molar-refractivity contribution in [3.63, 3.8) is 0 Å². The minimum absolute atomic E-state index is 0.0915. The smallest absolute Gasteiger partial charge is 0.253 e. The largest absolute Gasteiger partial charge is 0.352 e. The van der Waals surface area contributed by atoms with Gasteiger partial charge in [-0.05, 0) is 19.1 Å². The van der Waals surface area contributed by atoms with Gasteiger partial charge in [0.05, 0.1) is 11.6 Å². The Kier molecular flexibility index (Phi) is 3.83. The van der Waals surface area contributed by atoms with Gasteiger partial charge in [-0.25, -0.2) is 9.97 Å². The lowest BCUT2D eigenvalue weighted by Gasteiger charge is -2.35. The number of aromatic nitrogens is 4. The molecule has 128 valence electrons. The second-order valence-electron chi connectivity index (χ2n) is 6.35. The number of piperazine rings is 1. The Morgan fingerprint density at radius 3 is 2.48 bits per heavy atom. The number of aryl methyl sites for hydroxylation is 2. The second kappa shape index (κ2) is 6.16. The molecule has 0 radical (unpaired) electrons. The zero-order valence-corrected chi connectivity index (χ0v) is 14.4. The molecule has 1 fully saturated rings. The van der Waals surface area contributed by atoms with Crippen molar-refractivity contribution in [3.8, 4) is 0 Å². The molecule has 0 saturated carbocycles. The van der Waals surface area contributed by atoms with Crippen molar-refractivity contribution in [2.45, 2.75) is 6.92 Å². The SMILES string of the molecule is Cc1ccc(C(=O)N2CCN(c3ncnc4c3cnn4C)CC2)cc1. The average Bonchev–Trinajstić information content (AvgIpc) is 3.03. The molecule has 3 aromatic rings. The molecule has 0 atom stereocenters. The lowest BCUT2D eigenvalue weighted by atomic mass is 10.1. The third-order valence-corrected chi connectivity index (χ3v) is 4.67. The molecule has 1 saturated heterocycles. The number of anilines is 1. The quantitative estimate of drug-likeness (QED) is 0.712. The normalized spacial score (nSPS) is 15.0. The van der Waals surface area contributed by atoms with Crippen LogP contribution in [0.4, 0.5) is 5.82 Å². The molecule has 3 heterocycles. The van der Waals surface area contributed by atoms with Gasteiger partial charge in [0.25, 0.3) is 5.91 Å². The topological polar surface area (TPSA) is 67.2 Å². The second-order valence-corrected chi connectivity index (χ2v) is 6.35. The number of fused-ring (bicyclic) bond motifs is 1. The van der Waals surface area contributed by atoms with Crippen molar-refractivity contribution in [1.82, 2.24) is 24.6 Å². The van der Waals surface area contributed by atoms with Crippen LogP contribution < -0.4 is 4.90 Å². The number of amides is 1. The van der Waals surface area contributed by atoms with Gasteiger partial charge in [-0.15, -0.1) is 0 Å². The van der Waals surface area contributed by atoms with Crippen LogP contribution in [0, 0.1) is 6.92 Å². The van der Waals surface area contributed by atoms with E-state index in [-0.39, 0.29) is 5.91 Å². The number of nitrogens with zero attached hydrogens (tertiary/aromatic N) is 6. The Labute approximate surface area is 145 Å². The summed E-state index contributed by atoms with van der Waals surface area (Å²) in [4.78, 5) is 25.5. The molecule has 1 amide bonds. The number of carbonyl (C=O) groups excluding carboxylic acids is 1. The maximum absolute atomic E-state index is 12.6. The van der Waals surface area contributed by atoms with Crippen molar-refractivity contribution < 1.29 is 4.79 Å². The van der Waals surface area contributed by atoms with Gasteiger partial charge < -0.3 is 9.80 Å². The monoisotopic (exact) mass is 336 g/mol. The van der Waals surface area contributed by atoms with Crippen LogP contribution in [0.15, 0.2) is 36.8 Å². The van der Waals surface area contributed by atoms with E-state index in [1.807, 2.05) is 43.1 Å². The van der Waals surface area contributed by atoms with E-state index >= 15 is 0 Å². The molecular weight excluding hydrogens is 316 g/mol. The summed E-state index contributed by atoms with van der Waals surface area (Å²) >= 11 is 0. The summed E-state index contributed by atoms with van der Waals surface area (Å²) in [5.74, 6) is 0.981. The van der Waals surface area contributed by atoms with Gasteiger partial charge in [-0.2, -0.15) is 5.10 Å². The molecule has 0 spiro atoms. The molecule has 25 heavy (non-hydrogen) atoms. The third kappa shape index (κ3) is 2.82. The van der Waals surface area contributed by atoms with E-state index in [0.717, 1.165) is 41.1 Å². The van der Waals surface area contributed by atoms with E-state index in [9.17, 15) is 4.79 Å². The van der Waals surface area contributed by atoms with E-state index < -0.39 is 0 Å². The lowest BCUT2D eigenvalue weighted by molar-refractivity contribution is 0.0746. The summed E-state index contributed by atoms with van der Waals surface area (Å²) in [5.41, 5.74) is 2.73. The first-order valence-corrected chi connectivity index (χ1v) is 8.37. The summed E-state index contributed by atoms with van der Waals surface area (Å²) in [5, 5.41) is 5.21. The molecule has 0 bridgehead atoms. The minimum Gasteiger partial charge on any atom is -0.352 e. The van der Waals surface area contributed by atoms with Crippen LogP contribution in [-0.2, 0) is 7.05 Å². The van der Waals surface area contributed by atoms with Crippen molar-refractivity contribution in [2.24, 2.45) is 7.05 Å². The highest BCUT2D eigenvalue weighted by Gasteiger charge is 2.24. The van der Waals surface area contributed by atoms with Gasteiger partial charge in [-0.3, -0.25) is 9.48 Å². The number of carbonyl (C=O) groups is 1.